The summed E-state index contributed by atoms with van der Waals surface area (Å²) in [5.74, 6) is -0.0560. The van der Waals surface area contributed by atoms with Crippen molar-refractivity contribution in [3.63, 3.8) is 0 Å². The van der Waals surface area contributed by atoms with Gasteiger partial charge in [0.05, 0.1) is 13.2 Å². The SMILES string of the molecule is Cc1ccc(-c2nc(C(=O)N(C)Cc3ccc(N4CCOCC4)cc3)cs2)c(C)c1. The van der Waals surface area contributed by atoms with Crippen LogP contribution >= 0.6 is 11.3 Å². The lowest BCUT2D eigenvalue weighted by Gasteiger charge is -2.29. The fraction of sp³-hybridized carbons (Fsp3) is 0.333. The average Bonchev–Trinajstić information content (AvgIpc) is 3.24. The largest absolute Gasteiger partial charge is 0.378 e. The minimum Gasteiger partial charge on any atom is -0.378 e. The molecule has 0 aliphatic carbocycles. The van der Waals surface area contributed by atoms with Crippen molar-refractivity contribution in [1.82, 2.24) is 9.88 Å². The Balaban J connectivity index is 1.42. The smallest absolute Gasteiger partial charge is 0.273 e. The van der Waals surface area contributed by atoms with Crippen LogP contribution in [0.2, 0.25) is 0 Å². The highest BCUT2D eigenvalue weighted by atomic mass is 32.1. The molecule has 0 atom stereocenters. The number of amides is 1. The van der Waals surface area contributed by atoms with Crippen LogP contribution < -0.4 is 4.90 Å². The summed E-state index contributed by atoms with van der Waals surface area (Å²) in [5.41, 5.74) is 6.30. The third kappa shape index (κ3) is 4.55. The Labute approximate surface area is 181 Å². The summed E-state index contributed by atoms with van der Waals surface area (Å²) in [5, 5.41) is 2.74. The Morgan fingerprint density at radius 1 is 1.13 bits per heavy atom. The van der Waals surface area contributed by atoms with Gasteiger partial charge in [0.15, 0.2) is 0 Å². The summed E-state index contributed by atoms with van der Waals surface area (Å²) in [7, 11) is 1.83. The highest BCUT2D eigenvalue weighted by molar-refractivity contribution is 7.13. The molecule has 4 rings (SSSR count). The van der Waals surface area contributed by atoms with Gasteiger partial charge in [-0.3, -0.25) is 4.79 Å². The van der Waals surface area contributed by atoms with E-state index >= 15 is 0 Å². The molecule has 3 aromatic rings. The predicted molar refractivity (Wildman–Crippen MR) is 122 cm³/mol. The molecule has 30 heavy (non-hydrogen) atoms. The van der Waals surface area contributed by atoms with Gasteiger partial charge in [-0.2, -0.15) is 0 Å². The Morgan fingerprint density at radius 2 is 1.87 bits per heavy atom. The van der Waals surface area contributed by atoms with E-state index in [0.29, 0.717) is 12.2 Å². The van der Waals surface area contributed by atoms with Crippen LogP contribution in [0.15, 0.2) is 47.8 Å². The van der Waals surface area contributed by atoms with Gasteiger partial charge in [0.2, 0.25) is 0 Å². The topological polar surface area (TPSA) is 45.7 Å². The molecule has 1 amide bonds. The van der Waals surface area contributed by atoms with Crippen molar-refractivity contribution in [3.05, 3.63) is 70.2 Å². The Kier molecular flexibility index (Phi) is 6.16. The van der Waals surface area contributed by atoms with Gasteiger partial charge >= 0.3 is 0 Å². The number of aryl methyl sites for hydroxylation is 2. The van der Waals surface area contributed by atoms with Crippen molar-refractivity contribution in [2.24, 2.45) is 0 Å². The highest BCUT2D eigenvalue weighted by Gasteiger charge is 2.17. The molecule has 0 N–H and O–H groups in total. The molecule has 1 aliphatic rings. The maximum absolute atomic E-state index is 12.9. The molecule has 0 saturated carbocycles. The first kappa shape index (κ1) is 20.6. The van der Waals surface area contributed by atoms with Crippen molar-refractivity contribution in [3.8, 4) is 10.6 Å². The van der Waals surface area contributed by atoms with E-state index in [2.05, 4.69) is 66.2 Å². The number of thiazole rings is 1. The van der Waals surface area contributed by atoms with Crippen molar-refractivity contribution < 1.29 is 9.53 Å². The summed E-state index contributed by atoms with van der Waals surface area (Å²) >= 11 is 1.52. The molecule has 0 unspecified atom stereocenters. The van der Waals surface area contributed by atoms with Gasteiger partial charge in [0, 0.05) is 43.3 Å². The number of nitrogens with zero attached hydrogens (tertiary/aromatic N) is 3. The first-order valence-corrected chi connectivity index (χ1v) is 11.1. The fourth-order valence-electron chi connectivity index (χ4n) is 3.72. The predicted octanol–water partition coefficient (Wildman–Crippen LogP) is 4.54. The fourth-order valence-corrected chi connectivity index (χ4v) is 4.61. The third-order valence-electron chi connectivity index (χ3n) is 5.41. The lowest BCUT2D eigenvalue weighted by molar-refractivity contribution is 0.0780. The molecule has 1 aliphatic heterocycles. The number of aromatic nitrogens is 1. The van der Waals surface area contributed by atoms with Crippen LogP contribution in [0.1, 0.15) is 27.2 Å². The van der Waals surface area contributed by atoms with E-state index in [9.17, 15) is 4.79 Å². The van der Waals surface area contributed by atoms with E-state index < -0.39 is 0 Å². The maximum Gasteiger partial charge on any atom is 0.273 e. The molecular weight excluding hydrogens is 394 g/mol. The number of carbonyl (C=O) groups is 1. The number of morpholine rings is 1. The highest BCUT2D eigenvalue weighted by Crippen LogP contribution is 2.28. The quantitative estimate of drug-likeness (QED) is 0.607. The lowest BCUT2D eigenvalue weighted by atomic mass is 10.1. The van der Waals surface area contributed by atoms with Gasteiger partial charge in [-0.25, -0.2) is 4.98 Å². The van der Waals surface area contributed by atoms with Crippen LogP contribution in [0.4, 0.5) is 5.69 Å². The summed E-state index contributed by atoms with van der Waals surface area (Å²) < 4.78 is 5.42. The van der Waals surface area contributed by atoms with Crippen molar-refractivity contribution in [1.29, 1.82) is 0 Å². The molecule has 1 aromatic heterocycles. The zero-order valence-corrected chi connectivity index (χ0v) is 18.5. The summed E-state index contributed by atoms with van der Waals surface area (Å²) in [6, 6.07) is 14.7. The van der Waals surface area contributed by atoms with Crippen LogP contribution in [0.5, 0.6) is 0 Å². The molecule has 2 heterocycles. The van der Waals surface area contributed by atoms with E-state index in [4.69, 9.17) is 4.74 Å². The Hall–Kier alpha value is -2.70. The number of carbonyl (C=O) groups excluding carboxylic acids is 1. The maximum atomic E-state index is 12.9. The molecule has 0 bridgehead atoms. The number of hydrogen-bond acceptors (Lipinski definition) is 5. The van der Waals surface area contributed by atoms with Crippen molar-refractivity contribution >= 4 is 22.9 Å². The number of anilines is 1. The monoisotopic (exact) mass is 421 g/mol. The van der Waals surface area contributed by atoms with Crippen molar-refractivity contribution in [2.75, 3.05) is 38.3 Å². The Morgan fingerprint density at radius 3 is 2.57 bits per heavy atom. The average molecular weight is 422 g/mol. The van der Waals surface area contributed by atoms with Gasteiger partial charge in [-0.1, -0.05) is 35.9 Å². The molecular formula is C24H27N3O2S. The number of ether oxygens (including phenoxy) is 1. The second kappa shape index (κ2) is 8.98. The van der Waals surface area contributed by atoms with Gasteiger partial charge in [-0.05, 0) is 37.1 Å². The molecule has 1 saturated heterocycles. The molecule has 2 aromatic carbocycles. The first-order chi connectivity index (χ1) is 14.5. The van der Waals surface area contributed by atoms with Crippen molar-refractivity contribution in [2.45, 2.75) is 20.4 Å². The number of benzene rings is 2. The summed E-state index contributed by atoms with van der Waals surface area (Å²) in [4.78, 5) is 21.6. The molecule has 5 nitrogen and oxygen atoms in total. The van der Waals surface area contributed by atoms with Crippen LogP contribution in [0.3, 0.4) is 0 Å². The van der Waals surface area contributed by atoms with E-state index in [-0.39, 0.29) is 5.91 Å². The molecule has 1 fully saturated rings. The molecule has 156 valence electrons. The zero-order valence-electron chi connectivity index (χ0n) is 17.7. The van der Waals surface area contributed by atoms with Gasteiger partial charge in [0.1, 0.15) is 10.7 Å². The van der Waals surface area contributed by atoms with Gasteiger partial charge in [-0.15, -0.1) is 11.3 Å². The Bertz CT molecular complexity index is 1020. The second-order valence-electron chi connectivity index (χ2n) is 7.78. The number of hydrogen-bond donors (Lipinski definition) is 0. The minimum absolute atomic E-state index is 0.0560. The molecule has 0 spiro atoms. The van der Waals surface area contributed by atoms with Gasteiger partial charge in [0.25, 0.3) is 5.91 Å². The van der Waals surface area contributed by atoms with E-state index in [1.165, 1.54) is 28.2 Å². The first-order valence-electron chi connectivity index (χ1n) is 10.2. The molecule has 6 heteroatoms. The van der Waals surface area contributed by atoms with Crippen LogP contribution in [0, 0.1) is 13.8 Å². The number of rotatable bonds is 5. The standard InChI is InChI=1S/C24H27N3O2S/c1-17-4-9-21(18(2)14-17)23-25-22(16-30-23)24(28)26(3)15-19-5-7-20(8-6-19)27-10-12-29-13-11-27/h4-9,14,16H,10-13,15H2,1-3H3. The van der Waals surface area contributed by atoms with Gasteiger partial charge < -0.3 is 14.5 Å². The van der Waals surface area contributed by atoms with Crippen LogP contribution in [-0.2, 0) is 11.3 Å². The normalized spacial score (nSPS) is 14.0. The van der Waals surface area contributed by atoms with E-state index in [1.807, 2.05) is 12.4 Å². The van der Waals surface area contributed by atoms with E-state index in [0.717, 1.165) is 42.4 Å². The zero-order chi connectivity index (χ0) is 21.1. The van der Waals surface area contributed by atoms with E-state index in [1.54, 1.807) is 4.90 Å². The third-order valence-corrected chi connectivity index (χ3v) is 6.29. The second-order valence-corrected chi connectivity index (χ2v) is 8.64. The van der Waals surface area contributed by atoms with Crippen LogP contribution in [0.25, 0.3) is 10.6 Å². The van der Waals surface area contributed by atoms with Crippen LogP contribution in [-0.4, -0.2) is 49.1 Å². The minimum atomic E-state index is -0.0560. The summed E-state index contributed by atoms with van der Waals surface area (Å²) in [6.07, 6.45) is 0. The summed E-state index contributed by atoms with van der Waals surface area (Å²) in [6.45, 7) is 8.11. The molecule has 0 radical (unpaired) electrons. The lowest BCUT2D eigenvalue weighted by Crippen LogP contribution is -2.36.